The number of para-hydroxylation sites is 1. The van der Waals surface area contributed by atoms with Crippen molar-refractivity contribution in [1.29, 1.82) is 0 Å². The van der Waals surface area contributed by atoms with Crippen LogP contribution in [-0.4, -0.2) is 22.1 Å². The minimum Gasteiger partial charge on any atom is -0.478 e. The van der Waals surface area contributed by atoms with Gasteiger partial charge in [-0.2, -0.15) is 0 Å². The molecule has 104 valence electrons. The van der Waals surface area contributed by atoms with Crippen molar-refractivity contribution < 1.29 is 14.7 Å². The summed E-state index contributed by atoms with van der Waals surface area (Å²) < 4.78 is 0. The molecule has 2 aromatic rings. The molecular formula is C13H13N3O3S. The first-order valence-electron chi connectivity index (χ1n) is 5.84. The number of carboxylic acids is 1. The lowest BCUT2D eigenvalue weighted by Gasteiger charge is -2.08. The Morgan fingerprint density at radius 3 is 2.75 bits per heavy atom. The molecule has 0 radical (unpaired) electrons. The number of anilines is 1. The van der Waals surface area contributed by atoms with E-state index in [0.717, 1.165) is 10.7 Å². The molecule has 1 aromatic carbocycles. The van der Waals surface area contributed by atoms with Crippen LogP contribution in [-0.2, 0) is 6.54 Å². The second kappa shape index (κ2) is 6.16. The van der Waals surface area contributed by atoms with Gasteiger partial charge in [0.1, 0.15) is 5.01 Å². The normalized spacial score (nSPS) is 10.1. The van der Waals surface area contributed by atoms with Gasteiger partial charge >= 0.3 is 12.0 Å². The Kier molecular flexibility index (Phi) is 4.31. The molecule has 0 aliphatic heterocycles. The molecule has 0 fully saturated rings. The van der Waals surface area contributed by atoms with Crippen LogP contribution in [0.1, 0.15) is 21.1 Å². The van der Waals surface area contributed by atoms with Gasteiger partial charge in [0.15, 0.2) is 0 Å². The number of urea groups is 1. The summed E-state index contributed by atoms with van der Waals surface area (Å²) >= 11 is 1.46. The summed E-state index contributed by atoms with van der Waals surface area (Å²) in [7, 11) is 0. The molecule has 20 heavy (non-hydrogen) atoms. The lowest BCUT2D eigenvalue weighted by Crippen LogP contribution is -2.28. The van der Waals surface area contributed by atoms with Crippen LogP contribution in [0.5, 0.6) is 0 Å². The highest BCUT2D eigenvalue weighted by Crippen LogP contribution is 2.14. The molecule has 6 nitrogen and oxygen atoms in total. The molecule has 3 N–H and O–H groups in total. The van der Waals surface area contributed by atoms with E-state index in [0.29, 0.717) is 6.54 Å². The van der Waals surface area contributed by atoms with Crippen molar-refractivity contribution >= 4 is 29.0 Å². The number of carbonyl (C=O) groups is 2. The second-order valence-corrected chi connectivity index (χ2v) is 4.98. The van der Waals surface area contributed by atoms with Crippen molar-refractivity contribution in [1.82, 2.24) is 10.3 Å². The number of carbonyl (C=O) groups excluding carboxylic acids is 1. The molecular weight excluding hydrogens is 278 g/mol. The number of aromatic nitrogens is 1. The molecule has 0 saturated heterocycles. The van der Waals surface area contributed by atoms with E-state index < -0.39 is 12.0 Å². The molecule has 0 saturated carbocycles. The fraction of sp³-hybridized carbons (Fsp3) is 0.154. The van der Waals surface area contributed by atoms with E-state index in [1.807, 2.05) is 12.3 Å². The zero-order valence-corrected chi connectivity index (χ0v) is 11.5. The number of benzene rings is 1. The zero-order valence-electron chi connectivity index (χ0n) is 10.7. The molecule has 0 spiro atoms. The molecule has 2 rings (SSSR count). The predicted molar refractivity (Wildman–Crippen MR) is 76.1 cm³/mol. The van der Waals surface area contributed by atoms with E-state index in [1.165, 1.54) is 23.5 Å². The number of thiazole rings is 1. The van der Waals surface area contributed by atoms with Gasteiger partial charge in [-0.25, -0.2) is 14.6 Å². The van der Waals surface area contributed by atoms with Gasteiger partial charge in [-0.3, -0.25) is 0 Å². The molecule has 0 bridgehead atoms. The van der Waals surface area contributed by atoms with Crippen LogP contribution in [0.2, 0.25) is 0 Å². The maximum Gasteiger partial charge on any atom is 0.337 e. The molecule has 0 aliphatic carbocycles. The number of hydrogen-bond donors (Lipinski definition) is 3. The summed E-state index contributed by atoms with van der Waals surface area (Å²) in [6, 6.07) is 5.77. The molecule has 1 aromatic heterocycles. The molecule has 2 amide bonds. The van der Waals surface area contributed by atoms with Gasteiger partial charge in [-0.05, 0) is 19.1 Å². The SMILES string of the molecule is Cc1csc(CNC(=O)Nc2ccccc2C(=O)O)n1. The summed E-state index contributed by atoms with van der Waals surface area (Å²) in [4.78, 5) is 27.0. The van der Waals surface area contributed by atoms with E-state index in [-0.39, 0.29) is 11.3 Å². The predicted octanol–water partition coefficient (Wildman–Crippen LogP) is 2.47. The van der Waals surface area contributed by atoms with Crippen molar-refractivity contribution in [3.8, 4) is 0 Å². The van der Waals surface area contributed by atoms with Crippen molar-refractivity contribution in [2.24, 2.45) is 0 Å². The standard InChI is InChI=1S/C13H13N3O3S/c1-8-7-20-11(15-8)6-14-13(19)16-10-5-3-2-4-9(10)12(17)18/h2-5,7H,6H2,1H3,(H,17,18)(H2,14,16,19). The Morgan fingerprint density at radius 1 is 1.35 bits per heavy atom. The van der Waals surface area contributed by atoms with Gasteiger partial charge in [-0.1, -0.05) is 12.1 Å². The highest BCUT2D eigenvalue weighted by Gasteiger charge is 2.11. The smallest absolute Gasteiger partial charge is 0.337 e. The van der Waals surface area contributed by atoms with Gasteiger partial charge in [0.25, 0.3) is 0 Å². The topological polar surface area (TPSA) is 91.3 Å². The average molecular weight is 291 g/mol. The molecule has 0 aliphatic rings. The summed E-state index contributed by atoms with van der Waals surface area (Å²) in [5.41, 5.74) is 1.21. The van der Waals surface area contributed by atoms with E-state index in [4.69, 9.17) is 5.11 Å². The van der Waals surface area contributed by atoms with Gasteiger partial charge in [0, 0.05) is 11.1 Å². The first-order chi connectivity index (χ1) is 9.56. The summed E-state index contributed by atoms with van der Waals surface area (Å²) in [6.45, 7) is 2.18. The Labute approximate surface area is 119 Å². The third-order valence-electron chi connectivity index (χ3n) is 2.47. The van der Waals surface area contributed by atoms with Crippen LogP contribution in [0, 0.1) is 6.92 Å². The van der Waals surface area contributed by atoms with E-state index in [2.05, 4.69) is 15.6 Å². The Hall–Kier alpha value is -2.41. The molecule has 7 heteroatoms. The number of nitrogens with one attached hydrogen (secondary N) is 2. The Morgan fingerprint density at radius 2 is 2.10 bits per heavy atom. The van der Waals surface area contributed by atoms with Gasteiger partial charge in [0.2, 0.25) is 0 Å². The molecule has 0 unspecified atom stereocenters. The minimum atomic E-state index is -1.09. The Balaban J connectivity index is 1.96. The van der Waals surface area contributed by atoms with Crippen molar-refractivity contribution in [2.75, 3.05) is 5.32 Å². The summed E-state index contributed by atoms with van der Waals surface area (Å²) in [5.74, 6) is -1.09. The van der Waals surface area contributed by atoms with E-state index >= 15 is 0 Å². The van der Waals surface area contributed by atoms with Crippen molar-refractivity contribution in [3.63, 3.8) is 0 Å². The van der Waals surface area contributed by atoms with Crippen LogP contribution in [0.15, 0.2) is 29.6 Å². The number of carboxylic acid groups (broad SMARTS) is 1. The van der Waals surface area contributed by atoms with Crippen LogP contribution < -0.4 is 10.6 Å². The number of hydrogen-bond acceptors (Lipinski definition) is 4. The van der Waals surface area contributed by atoms with Crippen molar-refractivity contribution in [3.05, 3.63) is 45.9 Å². The number of aryl methyl sites for hydroxylation is 1. The zero-order chi connectivity index (χ0) is 14.5. The van der Waals surface area contributed by atoms with Crippen LogP contribution in [0.4, 0.5) is 10.5 Å². The second-order valence-electron chi connectivity index (χ2n) is 4.04. The first-order valence-corrected chi connectivity index (χ1v) is 6.72. The number of amides is 2. The number of rotatable bonds is 4. The molecule has 1 heterocycles. The highest BCUT2D eigenvalue weighted by molar-refractivity contribution is 7.09. The maximum atomic E-state index is 11.7. The van der Waals surface area contributed by atoms with E-state index in [1.54, 1.807) is 12.1 Å². The highest BCUT2D eigenvalue weighted by atomic mass is 32.1. The van der Waals surface area contributed by atoms with E-state index in [9.17, 15) is 9.59 Å². The largest absolute Gasteiger partial charge is 0.478 e. The maximum absolute atomic E-state index is 11.7. The number of aromatic carboxylic acids is 1. The van der Waals surface area contributed by atoms with Crippen molar-refractivity contribution in [2.45, 2.75) is 13.5 Å². The fourth-order valence-electron chi connectivity index (χ4n) is 1.58. The van der Waals surface area contributed by atoms with Crippen LogP contribution >= 0.6 is 11.3 Å². The fourth-order valence-corrected chi connectivity index (χ4v) is 2.30. The van der Waals surface area contributed by atoms with Crippen LogP contribution in [0.3, 0.4) is 0 Å². The summed E-state index contributed by atoms with van der Waals surface area (Å²) in [5, 5.41) is 16.8. The lowest BCUT2D eigenvalue weighted by atomic mass is 10.2. The van der Waals surface area contributed by atoms with Gasteiger partial charge in [-0.15, -0.1) is 11.3 Å². The quantitative estimate of drug-likeness (QED) is 0.807. The number of nitrogens with zero attached hydrogens (tertiary/aromatic N) is 1. The monoisotopic (exact) mass is 291 g/mol. The van der Waals surface area contributed by atoms with Gasteiger partial charge in [0.05, 0.1) is 17.8 Å². The molecule has 0 atom stereocenters. The minimum absolute atomic E-state index is 0.0488. The third-order valence-corrected chi connectivity index (χ3v) is 3.44. The third kappa shape index (κ3) is 3.55. The Bertz CT molecular complexity index is 639. The van der Waals surface area contributed by atoms with Crippen LogP contribution in [0.25, 0.3) is 0 Å². The lowest BCUT2D eigenvalue weighted by molar-refractivity contribution is 0.0698. The average Bonchev–Trinajstić information content (AvgIpc) is 2.83. The van der Waals surface area contributed by atoms with Gasteiger partial charge < -0.3 is 15.7 Å². The summed E-state index contributed by atoms with van der Waals surface area (Å²) in [6.07, 6.45) is 0. The first kappa shape index (κ1) is 14.0.